The van der Waals surface area contributed by atoms with Gasteiger partial charge >= 0.3 is 5.97 Å². The third-order valence-corrected chi connectivity index (χ3v) is 2.34. The van der Waals surface area contributed by atoms with Gasteiger partial charge in [0.25, 0.3) is 0 Å². The molecule has 5 nitrogen and oxygen atoms in total. The topological polar surface area (TPSA) is 78.4 Å². The second-order valence-electron chi connectivity index (χ2n) is 3.62. The summed E-state index contributed by atoms with van der Waals surface area (Å²) >= 11 is 0. The van der Waals surface area contributed by atoms with E-state index in [4.69, 9.17) is 5.11 Å². The lowest BCUT2D eigenvalue weighted by molar-refractivity contribution is -0.136. The van der Waals surface area contributed by atoms with Crippen LogP contribution in [0.4, 0.5) is 0 Å². The lowest BCUT2D eigenvalue weighted by atomic mass is 10.0. The first kappa shape index (κ1) is 13.2. The molecule has 17 heavy (non-hydrogen) atoms. The summed E-state index contributed by atoms with van der Waals surface area (Å²) in [7, 11) is 1.57. The van der Waals surface area contributed by atoms with Crippen LogP contribution < -0.4 is 10.6 Å². The number of likely N-dealkylation sites (N-methyl/N-ethyl adjacent to an activating group) is 1. The number of hydrogen-bond acceptors (Lipinski definition) is 3. The van der Waals surface area contributed by atoms with E-state index in [1.165, 1.54) is 0 Å². The van der Waals surface area contributed by atoms with Crippen LogP contribution in [0.5, 0.6) is 0 Å². The van der Waals surface area contributed by atoms with E-state index in [0.717, 1.165) is 11.1 Å². The van der Waals surface area contributed by atoms with Crippen molar-refractivity contribution in [3.63, 3.8) is 0 Å². The molecule has 0 aliphatic heterocycles. The van der Waals surface area contributed by atoms with E-state index in [-0.39, 0.29) is 18.9 Å². The Hall–Kier alpha value is -1.88. The molecule has 3 N–H and O–H groups in total. The van der Waals surface area contributed by atoms with Crippen LogP contribution in [0, 0.1) is 0 Å². The Balaban J connectivity index is 2.57. The average molecular weight is 236 g/mol. The van der Waals surface area contributed by atoms with Gasteiger partial charge in [-0.3, -0.25) is 9.59 Å². The second-order valence-corrected chi connectivity index (χ2v) is 3.62. The Labute approximate surface area is 99.8 Å². The minimum Gasteiger partial charge on any atom is -0.481 e. The van der Waals surface area contributed by atoms with Gasteiger partial charge in [0.15, 0.2) is 0 Å². The first-order valence-electron chi connectivity index (χ1n) is 5.33. The molecule has 0 radical (unpaired) electrons. The number of aliphatic carboxylic acids is 1. The molecule has 1 rings (SSSR count). The molecule has 0 aromatic heterocycles. The number of carbonyl (C=O) groups excluding carboxylic acids is 1. The van der Waals surface area contributed by atoms with Gasteiger partial charge in [-0.2, -0.15) is 0 Å². The van der Waals surface area contributed by atoms with E-state index in [1.807, 2.05) is 12.1 Å². The molecular formula is C12H16N2O3. The summed E-state index contributed by atoms with van der Waals surface area (Å²) in [5.41, 5.74) is 1.67. The molecule has 0 spiro atoms. The molecule has 1 aromatic rings. The monoisotopic (exact) mass is 236 g/mol. The molecule has 0 aliphatic carbocycles. The molecular weight excluding hydrogens is 220 g/mol. The summed E-state index contributed by atoms with van der Waals surface area (Å²) in [6.07, 6.45) is -0.00216. The first-order chi connectivity index (χ1) is 8.13. The fourth-order valence-corrected chi connectivity index (χ4v) is 1.46. The Morgan fingerprint density at radius 1 is 1.24 bits per heavy atom. The summed E-state index contributed by atoms with van der Waals surface area (Å²) in [6.45, 7) is 0.703. The quantitative estimate of drug-likeness (QED) is 0.657. The van der Waals surface area contributed by atoms with Crippen molar-refractivity contribution in [1.82, 2.24) is 10.6 Å². The van der Waals surface area contributed by atoms with Gasteiger partial charge in [0, 0.05) is 13.6 Å². The normalized spacial score (nSPS) is 9.94. The zero-order valence-electron chi connectivity index (χ0n) is 9.69. The number of carboxylic acids is 1. The number of hydrogen-bond donors (Lipinski definition) is 3. The number of benzene rings is 1. The molecule has 0 atom stereocenters. The van der Waals surface area contributed by atoms with Gasteiger partial charge < -0.3 is 15.7 Å². The van der Waals surface area contributed by atoms with E-state index >= 15 is 0 Å². The Kier molecular flexibility index (Phi) is 5.16. The highest BCUT2D eigenvalue weighted by Gasteiger charge is 2.06. The maximum absolute atomic E-state index is 11.0. The summed E-state index contributed by atoms with van der Waals surface area (Å²) < 4.78 is 0. The zero-order valence-corrected chi connectivity index (χ0v) is 9.69. The standard InChI is InChI=1S/C12H16N2O3/c1-13-11(15)8-14-7-10-5-3-2-4-9(10)6-12(16)17/h2-5,14H,6-8H2,1H3,(H,13,15)(H,16,17). The maximum Gasteiger partial charge on any atom is 0.307 e. The van der Waals surface area contributed by atoms with E-state index in [2.05, 4.69) is 10.6 Å². The first-order valence-corrected chi connectivity index (χ1v) is 5.33. The molecule has 92 valence electrons. The van der Waals surface area contributed by atoms with Crippen molar-refractivity contribution in [1.29, 1.82) is 0 Å². The smallest absolute Gasteiger partial charge is 0.307 e. The van der Waals surface area contributed by atoms with Crippen molar-refractivity contribution < 1.29 is 14.7 Å². The van der Waals surface area contributed by atoms with E-state index in [9.17, 15) is 9.59 Å². The van der Waals surface area contributed by atoms with Gasteiger partial charge in [0.1, 0.15) is 0 Å². The fraction of sp³-hybridized carbons (Fsp3) is 0.333. The van der Waals surface area contributed by atoms with Gasteiger partial charge in [-0.1, -0.05) is 24.3 Å². The van der Waals surface area contributed by atoms with Crippen LogP contribution >= 0.6 is 0 Å². The van der Waals surface area contributed by atoms with Crippen molar-refractivity contribution in [2.75, 3.05) is 13.6 Å². The van der Waals surface area contributed by atoms with Crippen LogP contribution in [-0.2, 0) is 22.6 Å². The van der Waals surface area contributed by atoms with Crippen molar-refractivity contribution in [3.05, 3.63) is 35.4 Å². The fourth-order valence-electron chi connectivity index (χ4n) is 1.46. The van der Waals surface area contributed by atoms with Crippen LogP contribution in [0.1, 0.15) is 11.1 Å². The Morgan fingerprint density at radius 2 is 1.88 bits per heavy atom. The molecule has 0 saturated carbocycles. The van der Waals surface area contributed by atoms with Crippen molar-refractivity contribution in [2.45, 2.75) is 13.0 Å². The highest BCUT2D eigenvalue weighted by atomic mass is 16.4. The van der Waals surface area contributed by atoms with Gasteiger partial charge in [0.2, 0.25) is 5.91 Å². The molecule has 0 aliphatic rings. The van der Waals surface area contributed by atoms with Gasteiger partial charge in [-0.15, -0.1) is 0 Å². The van der Waals surface area contributed by atoms with Crippen LogP contribution in [0.3, 0.4) is 0 Å². The Morgan fingerprint density at radius 3 is 2.47 bits per heavy atom. The zero-order chi connectivity index (χ0) is 12.7. The Bertz CT molecular complexity index is 404. The van der Waals surface area contributed by atoms with Crippen LogP contribution in [-0.4, -0.2) is 30.6 Å². The molecule has 0 heterocycles. The number of carbonyl (C=O) groups is 2. The molecule has 0 bridgehead atoms. The number of amides is 1. The summed E-state index contributed by atoms with van der Waals surface area (Å²) in [5, 5.41) is 14.2. The largest absolute Gasteiger partial charge is 0.481 e. The SMILES string of the molecule is CNC(=O)CNCc1ccccc1CC(=O)O. The lowest BCUT2D eigenvalue weighted by Crippen LogP contribution is -2.31. The maximum atomic E-state index is 11.0. The summed E-state index contributed by atoms with van der Waals surface area (Å²) in [5.74, 6) is -0.954. The summed E-state index contributed by atoms with van der Waals surface area (Å²) in [6, 6.07) is 7.29. The third-order valence-electron chi connectivity index (χ3n) is 2.34. The lowest BCUT2D eigenvalue weighted by Gasteiger charge is -2.08. The predicted molar refractivity (Wildman–Crippen MR) is 63.6 cm³/mol. The minimum absolute atomic E-state index is 0.00216. The number of nitrogens with one attached hydrogen (secondary N) is 2. The molecule has 1 aromatic carbocycles. The van der Waals surface area contributed by atoms with E-state index < -0.39 is 5.97 Å². The van der Waals surface area contributed by atoms with Crippen molar-refractivity contribution >= 4 is 11.9 Å². The molecule has 1 amide bonds. The van der Waals surface area contributed by atoms with Crippen LogP contribution in [0.15, 0.2) is 24.3 Å². The highest BCUT2D eigenvalue weighted by molar-refractivity contribution is 5.77. The van der Waals surface area contributed by atoms with Crippen LogP contribution in [0.2, 0.25) is 0 Å². The van der Waals surface area contributed by atoms with E-state index in [1.54, 1.807) is 19.2 Å². The second kappa shape index (κ2) is 6.65. The van der Waals surface area contributed by atoms with E-state index in [0.29, 0.717) is 6.54 Å². The van der Waals surface area contributed by atoms with Crippen LogP contribution in [0.25, 0.3) is 0 Å². The van der Waals surface area contributed by atoms with Gasteiger partial charge in [-0.05, 0) is 11.1 Å². The number of rotatable bonds is 6. The average Bonchev–Trinajstić information content (AvgIpc) is 2.30. The molecule has 0 saturated heterocycles. The minimum atomic E-state index is -0.858. The predicted octanol–water partition coefficient (Wildman–Crippen LogP) is 0.149. The molecule has 0 unspecified atom stereocenters. The molecule has 0 fully saturated rings. The van der Waals surface area contributed by atoms with Crippen molar-refractivity contribution in [3.8, 4) is 0 Å². The number of carboxylic acid groups (broad SMARTS) is 1. The third kappa shape index (κ3) is 4.65. The van der Waals surface area contributed by atoms with Gasteiger partial charge in [0.05, 0.1) is 13.0 Å². The summed E-state index contributed by atoms with van der Waals surface area (Å²) in [4.78, 5) is 21.7. The highest BCUT2D eigenvalue weighted by Crippen LogP contribution is 2.09. The van der Waals surface area contributed by atoms with Crippen molar-refractivity contribution in [2.24, 2.45) is 0 Å². The molecule has 5 heteroatoms. The van der Waals surface area contributed by atoms with Gasteiger partial charge in [-0.25, -0.2) is 0 Å².